The minimum atomic E-state index is -0.648. The van der Waals surface area contributed by atoms with Gasteiger partial charge in [-0.3, -0.25) is 0 Å². The average Bonchev–Trinajstić information content (AvgIpc) is 1.94. The summed E-state index contributed by atoms with van der Waals surface area (Å²) < 4.78 is 41.5. The Morgan fingerprint density at radius 2 is 0.439 bits per heavy atom. The third kappa shape index (κ3) is 90.1. The maximum Gasteiger partial charge on any atom is 0.122 e. The van der Waals surface area contributed by atoms with Crippen molar-refractivity contribution in [3.05, 3.63) is 243 Å². The molecule has 2 aliphatic rings. The van der Waals surface area contributed by atoms with E-state index in [2.05, 4.69) is 55.4 Å². The van der Waals surface area contributed by atoms with Gasteiger partial charge in [0.1, 0.15) is 90.7 Å². The van der Waals surface area contributed by atoms with Crippen molar-refractivity contribution in [2.75, 3.05) is 53.9 Å². The molecule has 0 aromatic heterocycles. The first-order chi connectivity index (χ1) is 48.1. The van der Waals surface area contributed by atoms with Crippen LogP contribution >= 0.6 is 0 Å². The van der Waals surface area contributed by atoms with Crippen molar-refractivity contribution in [3.8, 4) is 46.0 Å². The van der Waals surface area contributed by atoms with E-state index < -0.39 is 6.10 Å². The maximum atomic E-state index is 9.72. The first kappa shape index (κ1) is 109. The van der Waals surface area contributed by atoms with E-state index in [1.807, 2.05) is 305 Å². The van der Waals surface area contributed by atoms with Crippen LogP contribution in [-0.4, -0.2) is 87.5 Å². The summed E-state index contributed by atoms with van der Waals surface area (Å²) in [7, 11) is 3.32. The van der Waals surface area contributed by atoms with Gasteiger partial charge < -0.3 is 53.2 Å². The van der Waals surface area contributed by atoms with Crippen LogP contribution in [0.15, 0.2) is 243 Å². The Bertz CT molecular complexity index is 2280. The molecule has 558 valence electrons. The Morgan fingerprint density at radius 3 is 0.571 bits per heavy atom. The predicted octanol–water partition coefficient (Wildman–Crippen LogP) is 25.5. The van der Waals surface area contributed by atoms with E-state index in [4.69, 9.17) is 48.1 Å². The number of benzene rings is 8. The van der Waals surface area contributed by atoms with E-state index >= 15 is 0 Å². The number of aromatic hydroxyl groups is 2. The number of methoxy groups -OCH3 is 2. The SMILES string of the molecule is CC.CC.CC.CC.CC.CC.CC.CC.CCC.CCC.CCC.CCC.COc1ccccc1.COc1ccccc1.OC(COc1ccccc1)COc1ccccc1.Oc1ccccc1.Oc1ccccc1.c1ccc(OCC2CO2)cc1.c1ccc(OCC2CO2)cc1. The molecule has 98 heavy (non-hydrogen) atoms. The molecule has 0 aliphatic carbocycles. The lowest BCUT2D eigenvalue weighted by Crippen LogP contribution is -2.25. The van der Waals surface area contributed by atoms with Gasteiger partial charge in [0.2, 0.25) is 0 Å². The number of phenolic OH excluding ortho intramolecular Hbond substituents is 2. The highest BCUT2D eigenvalue weighted by Gasteiger charge is 2.23. The molecule has 0 bridgehead atoms. The summed E-state index contributed by atoms with van der Waals surface area (Å²) >= 11 is 0. The molecule has 0 spiro atoms. The minimum absolute atomic E-state index is 0.219. The quantitative estimate of drug-likeness (QED) is 0.0896. The van der Waals surface area contributed by atoms with Crippen molar-refractivity contribution in [1.29, 1.82) is 0 Å². The molecule has 2 heterocycles. The maximum absolute atomic E-state index is 9.72. The van der Waals surface area contributed by atoms with Gasteiger partial charge in [-0.1, -0.05) is 337 Å². The second-order valence-corrected chi connectivity index (χ2v) is 17.6. The normalized spacial score (nSPS) is 10.5. The molecular formula is C87H144O11. The molecule has 8 aromatic carbocycles. The van der Waals surface area contributed by atoms with Crippen LogP contribution in [0.4, 0.5) is 0 Å². The Balaban J connectivity index is -0.000000129. The monoisotopic (exact) mass is 1370 g/mol. The van der Waals surface area contributed by atoms with Crippen LogP contribution in [0.25, 0.3) is 0 Å². The van der Waals surface area contributed by atoms with E-state index in [0.717, 1.165) is 47.7 Å². The number of epoxide rings is 2. The first-order valence-corrected chi connectivity index (χ1v) is 36.3. The van der Waals surface area contributed by atoms with E-state index in [9.17, 15) is 5.11 Å². The van der Waals surface area contributed by atoms with Crippen LogP contribution < -0.4 is 28.4 Å². The van der Waals surface area contributed by atoms with Gasteiger partial charge in [0.15, 0.2) is 0 Å². The van der Waals surface area contributed by atoms with Gasteiger partial charge in [0, 0.05) is 0 Å². The summed E-state index contributed by atoms with van der Waals surface area (Å²) in [6, 6.07) is 75.2. The van der Waals surface area contributed by atoms with Crippen molar-refractivity contribution >= 4 is 0 Å². The molecule has 0 radical (unpaired) electrons. The molecule has 8 aromatic rings. The van der Waals surface area contributed by atoms with Crippen LogP contribution in [-0.2, 0) is 9.47 Å². The zero-order chi connectivity index (χ0) is 76.4. The summed E-state index contributed by atoms with van der Waals surface area (Å²) in [6.45, 7) is 52.5. The van der Waals surface area contributed by atoms with Crippen LogP contribution in [0, 0.1) is 0 Å². The summed E-state index contributed by atoms with van der Waals surface area (Å²) in [5, 5.41) is 27.0. The topological polar surface area (TPSA) is 141 Å². The van der Waals surface area contributed by atoms with Crippen LogP contribution in [0.5, 0.6) is 46.0 Å². The Kier molecular flexibility index (Phi) is 111. The van der Waals surface area contributed by atoms with E-state index in [1.165, 1.54) is 25.7 Å². The van der Waals surface area contributed by atoms with Gasteiger partial charge in [-0.2, -0.15) is 0 Å². The van der Waals surface area contributed by atoms with Crippen molar-refractivity contribution in [3.63, 3.8) is 0 Å². The molecule has 3 N–H and O–H groups in total. The molecular weight excluding hydrogens is 1220 g/mol. The molecule has 10 rings (SSSR count). The Labute approximate surface area is 602 Å². The number of rotatable bonds is 14. The van der Waals surface area contributed by atoms with Crippen molar-refractivity contribution in [1.82, 2.24) is 0 Å². The smallest absolute Gasteiger partial charge is 0.122 e. The van der Waals surface area contributed by atoms with Gasteiger partial charge >= 0.3 is 0 Å². The third-order valence-corrected chi connectivity index (χ3v) is 9.00. The first-order valence-electron chi connectivity index (χ1n) is 36.3. The zero-order valence-corrected chi connectivity index (χ0v) is 66.5. The lowest BCUT2D eigenvalue weighted by Gasteiger charge is -2.13. The van der Waals surface area contributed by atoms with Gasteiger partial charge in [-0.05, 0) is 97.1 Å². The number of phenols is 2. The summed E-state index contributed by atoms with van der Waals surface area (Å²) in [5.74, 6) is 5.79. The predicted molar refractivity (Wildman–Crippen MR) is 430 cm³/mol. The standard InChI is InChI=1S/C15H16O3.2C9H10O2.2C7H8O.2C6H6O.4C3H8.8C2H6/c16-13(11-17-14-7-3-1-4-8-14)12-18-15-9-5-2-6-10-15;2*1-2-4-8(5-3-1)10-6-9-7-11-9;2*1-8-7-5-3-2-4-6-7;2*7-6-4-2-1-3-5-6;4*1-3-2;8*1-2/h1-10,13,16H,11-12H2;2*1-5,9H,6-7H2;2*2-6H,1H3;2*1-5,7H;4*3H2,1-2H3;8*1-2H3. The molecule has 2 atom stereocenters. The van der Waals surface area contributed by atoms with Crippen molar-refractivity contribution in [2.45, 2.75) is 210 Å². The summed E-state index contributed by atoms with van der Waals surface area (Å²) in [4.78, 5) is 0. The molecule has 11 nitrogen and oxygen atoms in total. The van der Waals surface area contributed by atoms with Crippen LogP contribution in [0.2, 0.25) is 0 Å². The second-order valence-electron chi connectivity index (χ2n) is 17.6. The second kappa shape index (κ2) is 100. The van der Waals surface area contributed by atoms with Gasteiger partial charge in [-0.25, -0.2) is 0 Å². The molecule has 0 saturated carbocycles. The van der Waals surface area contributed by atoms with Crippen molar-refractivity contribution in [2.24, 2.45) is 0 Å². The lowest BCUT2D eigenvalue weighted by molar-refractivity contribution is 0.0626. The van der Waals surface area contributed by atoms with Crippen LogP contribution in [0.3, 0.4) is 0 Å². The number of hydrogen-bond acceptors (Lipinski definition) is 11. The molecule has 11 heteroatoms. The Morgan fingerprint density at radius 1 is 0.286 bits per heavy atom. The fourth-order valence-corrected chi connectivity index (χ4v) is 5.18. The molecule has 0 amide bonds. The highest BCUT2D eigenvalue weighted by Crippen LogP contribution is 2.16. The molecule has 2 fully saturated rings. The number of aliphatic hydroxyl groups is 1. The van der Waals surface area contributed by atoms with Crippen molar-refractivity contribution < 1.29 is 53.2 Å². The largest absolute Gasteiger partial charge is 0.508 e. The Hall–Kier alpha value is -7.96. The third-order valence-electron chi connectivity index (χ3n) is 9.00. The lowest BCUT2D eigenvalue weighted by atomic mass is 10.3. The van der Waals surface area contributed by atoms with Crippen LogP contribution in [0.1, 0.15) is 192 Å². The fraction of sp³-hybridized carbons (Fsp3) is 0.448. The number of ether oxygens (including phenoxy) is 8. The molecule has 2 aliphatic heterocycles. The minimum Gasteiger partial charge on any atom is -0.508 e. The highest BCUT2D eigenvalue weighted by molar-refractivity contribution is 5.25. The number of para-hydroxylation sites is 8. The summed E-state index contributed by atoms with van der Waals surface area (Å²) in [5.41, 5.74) is 0. The van der Waals surface area contributed by atoms with E-state index in [-0.39, 0.29) is 13.2 Å². The van der Waals surface area contributed by atoms with Gasteiger partial charge in [0.05, 0.1) is 27.4 Å². The average molecular weight is 1370 g/mol. The zero-order valence-electron chi connectivity index (χ0n) is 66.5. The fourth-order valence-electron chi connectivity index (χ4n) is 5.18. The number of aliphatic hydroxyl groups excluding tert-OH is 1. The van der Waals surface area contributed by atoms with E-state index in [1.54, 1.807) is 62.8 Å². The summed E-state index contributed by atoms with van der Waals surface area (Å²) in [6.07, 6.45) is 5.04. The highest BCUT2D eigenvalue weighted by atomic mass is 16.6. The molecule has 2 saturated heterocycles. The molecule has 2 unspecified atom stereocenters. The van der Waals surface area contributed by atoms with Gasteiger partial charge in [0.25, 0.3) is 0 Å². The van der Waals surface area contributed by atoms with E-state index in [0.29, 0.717) is 36.9 Å². The van der Waals surface area contributed by atoms with Gasteiger partial charge in [-0.15, -0.1) is 0 Å². The number of hydrogen-bond donors (Lipinski definition) is 3.